The molecule has 1 aliphatic heterocycles. The molecular weight excluding hydrogens is 479 g/mol. The fourth-order valence-corrected chi connectivity index (χ4v) is 3.09. The fourth-order valence-electron chi connectivity index (χ4n) is 3.09. The van der Waals surface area contributed by atoms with Crippen LogP contribution in [0.3, 0.4) is 0 Å². The van der Waals surface area contributed by atoms with Crippen LogP contribution in [0.4, 0.5) is 5.69 Å². The van der Waals surface area contributed by atoms with E-state index in [2.05, 4.69) is 22.5 Å². The smallest absolute Gasteiger partial charge is 0.227 e. The van der Waals surface area contributed by atoms with Crippen LogP contribution >= 0.6 is 24.0 Å². The third-order valence-electron chi connectivity index (χ3n) is 4.69. The number of carbonyl (C=O) groups is 1. The molecule has 156 valence electrons. The average molecular weight is 508 g/mol. The maximum Gasteiger partial charge on any atom is 0.227 e. The van der Waals surface area contributed by atoms with Crippen LogP contribution < -0.4 is 20.3 Å². The van der Waals surface area contributed by atoms with Gasteiger partial charge in [-0.05, 0) is 43.2 Å². The number of anilines is 1. The van der Waals surface area contributed by atoms with Gasteiger partial charge in [-0.15, -0.1) is 24.0 Å². The summed E-state index contributed by atoms with van der Waals surface area (Å²) in [6.45, 7) is 4.75. The lowest BCUT2D eigenvalue weighted by atomic mass is 10.2. The van der Waals surface area contributed by atoms with Gasteiger partial charge in [-0.25, -0.2) is 0 Å². The van der Waals surface area contributed by atoms with Gasteiger partial charge >= 0.3 is 0 Å². The normalized spacial score (nSPS) is 13.8. The van der Waals surface area contributed by atoms with Gasteiger partial charge in [0.05, 0.1) is 6.54 Å². The van der Waals surface area contributed by atoms with Crippen LogP contribution in [0, 0.1) is 6.92 Å². The van der Waals surface area contributed by atoms with Crippen molar-refractivity contribution in [2.45, 2.75) is 26.3 Å². The fraction of sp³-hybridized carbons (Fsp3) is 0.364. The molecule has 2 aromatic carbocycles. The maximum absolute atomic E-state index is 11.8. The highest BCUT2D eigenvalue weighted by molar-refractivity contribution is 14.0. The van der Waals surface area contributed by atoms with E-state index in [1.54, 1.807) is 7.05 Å². The third kappa shape index (κ3) is 6.92. The van der Waals surface area contributed by atoms with Gasteiger partial charge in [0.2, 0.25) is 5.91 Å². The molecule has 0 unspecified atom stereocenters. The highest BCUT2D eigenvalue weighted by atomic mass is 127. The van der Waals surface area contributed by atoms with Crippen LogP contribution in [0.25, 0.3) is 0 Å². The number of guanidine groups is 1. The third-order valence-corrected chi connectivity index (χ3v) is 4.69. The van der Waals surface area contributed by atoms with Gasteiger partial charge in [-0.3, -0.25) is 9.79 Å². The van der Waals surface area contributed by atoms with E-state index in [9.17, 15) is 4.79 Å². The summed E-state index contributed by atoms with van der Waals surface area (Å²) in [5, 5.41) is 6.54. The first-order chi connectivity index (χ1) is 13.7. The Morgan fingerprint density at radius 3 is 2.45 bits per heavy atom. The zero-order valence-corrected chi connectivity index (χ0v) is 19.3. The highest BCUT2D eigenvalue weighted by Crippen LogP contribution is 2.21. The van der Waals surface area contributed by atoms with Gasteiger partial charge < -0.3 is 20.3 Å². The van der Waals surface area contributed by atoms with Gasteiger partial charge in [0.25, 0.3) is 0 Å². The van der Waals surface area contributed by atoms with Crippen molar-refractivity contribution < 1.29 is 9.53 Å². The Balaban J connectivity index is 0.00000300. The number of aryl methyl sites for hydroxylation is 1. The second-order valence-electron chi connectivity index (χ2n) is 6.83. The monoisotopic (exact) mass is 508 g/mol. The number of aliphatic imine (C=N–C) groups is 1. The van der Waals surface area contributed by atoms with Crippen molar-refractivity contribution in [1.82, 2.24) is 10.6 Å². The first-order valence-corrected chi connectivity index (χ1v) is 9.69. The molecule has 1 fully saturated rings. The van der Waals surface area contributed by atoms with Crippen LogP contribution in [-0.4, -0.2) is 38.6 Å². The van der Waals surface area contributed by atoms with E-state index >= 15 is 0 Å². The summed E-state index contributed by atoms with van der Waals surface area (Å²) in [5.41, 5.74) is 3.33. The lowest BCUT2D eigenvalue weighted by Gasteiger charge is -2.16. The molecule has 0 atom stereocenters. The number of nitrogens with one attached hydrogen (secondary N) is 2. The molecule has 7 heteroatoms. The first-order valence-electron chi connectivity index (χ1n) is 9.69. The molecule has 3 rings (SSSR count). The lowest BCUT2D eigenvalue weighted by Crippen LogP contribution is -2.38. The predicted molar refractivity (Wildman–Crippen MR) is 128 cm³/mol. The molecule has 0 radical (unpaired) electrons. The molecular formula is C22H29IN4O2. The van der Waals surface area contributed by atoms with Crippen LogP contribution in [-0.2, 0) is 11.3 Å². The molecule has 29 heavy (non-hydrogen) atoms. The zero-order valence-electron chi connectivity index (χ0n) is 17.0. The summed E-state index contributed by atoms with van der Waals surface area (Å²) in [4.78, 5) is 17.9. The molecule has 0 aromatic heterocycles. The number of nitrogens with zero attached hydrogens (tertiary/aromatic N) is 2. The average Bonchev–Trinajstić information content (AvgIpc) is 3.15. The molecule has 2 N–H and O–H groups in total. The summed E-state index contributed by atoms with van der Waals surface area (Å²) in [7, 11) is 1.75. The van der Waals surface area contributed by atoms with Gasteiger partial charge in [-0.2, -0.15) is 0 Å². The second-order valence-corrected chi connectivity index (χ2v) is 6.83. The molecule has 0 aliphatic carbocycles. The van der Waals surface area contributed by atoms with Crippen LogP contribution in [0.1, 0.15) is 24.0 Å². The summed E-state index contributed by atoms with van der Waals surface area (Å²) in [6.07, 6.45) is 1.59. The van der Waals surface area contributed by atoms with E-state index < -0.39 is 0 Å². The number of rotatable bonds is 7. The van der Waals surface area contributed by atoms with Crippen LogP contribution in [0.15, 0.2) is 53.5 Å². The molecule has 0 saturated carbocycles. The minimum absolute atomic E-state index is 0. The SMILES string of the molecule is CN=C(NCCOc1ccc(C)cc1)NCc1ccc(N2CCCC2=O)cc1.I. The van der Waals surface area contributed by atoms with Crippen molar-refractivity contribution in [2.24, 2.45) is 4.99 Å². The Kier molecular flexibility index (Phi) is 9.24. The quantitative estimate of drug-likeness (QED) is 0.260. The number of carbonyl (C=O) groups excluding carboxylic acids is 1. The first kappa shape index (κ1) is 23.0. The van der Waals surface area contributed by atoms with Gasteiger partial charge in [0, 0.05) is 32.2 Å². The number of hydrogen-bond acceptors (Lipinski definition) is 3. The van der Waals surface area contributed by atoms with E-state index in [4.69, 9.17) is 4.74 Å². The van der Waals surface area contributed by atoms with E-state index in [-0.39, 0.29) is 29.9 Å². The van der Waals surface area contributed by atoms with E-state index in [0.717, 1.165) is 35.9 Å². The summed E-state index contributed by atoms with van der Waals surface area (Å²) in [5.74, 6) is 1.81. The summed E-state index contributed by atoms with van der Waals surface area (Å²) >= 11 is 0. The van der Waals surface area contributed by atoms with Crippen LogP contribution in [0.5, 0.6) is 5.75 Å². The predicted octanol–water partition coefficient (Wildman–Crippen LogP) is 3.48. The second kappa shape index (κ2) is 11.6. The molecule has 0 spiro atoms. The Bertz CT molecular complexity index is 807. The number of ether oxygens (including phenoxy) is 1. The van der Waals surface area contributed by atoms with Crippen molar-refractivity contribution in [1.29, 1.82) is 0 Å². The molecule has 2 aromatic rings. The van der Waals surface area contributed by atoms with E-state index in [1.807, 2.05) is 53.4 Å². The Morgan fingerprint density at radius 2 is 1.83 bits per heavy atom. The minimum atomic E-state index is 0. The molecule has 1 aliphatic rings. The number of hydrogen-bond donors (Lipinski definition) is 2. The number of amides is 1. The molecule has 1 saturated heterocycles. The Morgan fingerprint density at radius 1 is 1.10 bits per heavy atom. The van der Waals surface area contributed by atoms with Crippen molar-refractivity contribution in [3.8, 4) is 5.75 Å². The topological polar surface area (TPSA) is 66.0 Å². The largest absolute Gasteiger partial charge is 0.492 e. The Hall–Kier alpha value is -2.29. The highest BCUT2D eigenvalue weighted by Gasteiger charge is 2.21. The number of benzene rings is 2. The summed E-state index contributed by atoms with van der Waals surface area (Å²) in [6, 6.07) is 16.1. The number of halogens is 1. The van der Waals surface area contributed by atoms with Gasteiger partial charge in [0.15, 0.2) is 5.96 Å². The molecule has 6 nitrogen and oxygen atoms in total. The zero-order chi connectivity index (χ0) is 19.8. The van der Waals surface area contributed by atoms with Gasteiger partial charge in [-0.1, -0.05) is 29.8 Å². The maximum atomic E-state index is 11.8. The van der Waals surface area contributed by atoms with Crippen molar-refractivity contribution in [2.75, 3.05) is 31.6 Å². The van der Waals surface area contributed by atoms with Gasteiger partial charge in [0.1, 0.15) is 12.4 Å². The van der Waals surface area contributed by atoms with E-state index in [0.29, 0.717) is 26.1 Å². The molecule has 1 heterocycles. The van der Waals surface area contributed by atoms with Crippen molar-refractivity contribution >= 4 is 41.5 Å². The summed E-state index contributed by atoms with van der Waals surface area (Å²) < 4.78 is 5.71. The molecule has 0 bridgehead atoms. The molecule has 1 amide bonds. The lowest BCUT2D eigenvalue weighted by molar-refractivity contribution is -0.117. The van der Waals surface area contributed by atoms with Crippen molar-refractivity contribution in [3.63, 3.8) is 0 Å². The van der Waals surface area contributed by atoms with Crippen LogP contribution in [0.2, 0.25) is 0 Å². The van der Waals surface area contributed by atoms with Crippen molar-refractivity contribution in [3.05, 3.63) is 59.7 Å². The Labute approximate surface area is 189 Å². The standard InChI is InChI=1S/C22H28N4O2.HI/c1-17-5-11-20(12-6-17)28-15-13-24-22(23-2)25-16-18-7-9-19(10-8-18)26-14-3-4-21(26)27;/h5-12H,3-4,13-16H2,1-2H3,(H2,23,24,25);1H. The minimum Gasteiger partial charge on any atom is -0.492 e. The van der Waals surface area contributed by atoms with E-state index in [1.165, 1.54) is 5.56 Å².